The van der Waals surface area contributed by atoms with Crippen molar-refractivity contribution in [3.63, 3.8) is 0 Å². The lowest BCUT2D eigenvalue weighted by molar-refractivity contribution is -0.106. The molecule has 3 fully saturated rings. The van der Waals surface area contributed by atoms with Gasteiger partial charge in [-0.15, -0.1) is 0 Å². The summed E-state index contributed by atoms with van der Waals surface area (Å²) in [5, 5.41) is 5.16. The lowest BCUT2D eigenvalue weighted by Crippen LogP contribution is -2.59. The summed E-state index contributed by atoms with van der Waals surface area (Å²) in [6.07, 6.45) is 1.86. The minimum absolute atomic E-state index is 0.0119. The summed E-state index contributed by atoms with van der Waals surface area (Å²) < 4.78 is 39.8. The number of benzene rings is 2. The SMILES string of the molecule is O=C(c1nn(-c2ccc(CN3CCOCC3)cc2)c2c1CS(=O)(=O)c1cc(Cl)ccc1-2)N1CCO[C@@H]2CC[C@@H]21. The number of amides is 1. The molecule has 204 valence electrons. The predicted molar refractivity (Wildman–Crippen MR) is 145 cm³/mol. The van der Waals surface area contributed by atoms with Crippen molar-refractivity contribution in [2.24, 2.45) is 0 Å². The summed E-state index contributed by atoms with van der Waals surface area (Å²) in [4.78, 5) is 18.3. The number of aromatic nitrogens is 2. The Bertz CT molecular complexity index is 1550. The number of fused-ring (bicyclic) bond motifs is 4. The van der Waals surface area contributed by atoms with Crippen LogP contribution in [0.3, 0.4) is 0 Å². The van der Waals surface area contributed by atoms with Gasteiger partial charge in [0.25, 0.3) is 5.91 Å². The molecule has 0 radical (unpaired) electrons. The molecule has 1 aliphatic carbocycles. The Labute approximate surface area is 232 Å². The van der Waals surface area contributed by atoms with Crippen molar-refractivity contribution < 1.29 is 22.7 Å². The van der Waals surface area contributed by atoms with E-state index in [1.807, 2.05) is 17.0 Å². The van der Waals surface area contributed by atoms with Gasteiger partial charge in [-0.2, -0.15) is 5.10 Å². The zero-order valence-corrected chi connectivity index (χ0v) is 23.0. The summed E-state index contributed by atoms with van der Waals surface area (Å²) in [5.74, 6) is -0.538. The van der Waals surface area contributed by atoms with Crippen LogP contribution in [0.15, 0.2) is 47.4 Å². The maximum atomic E-state index is 13.9. The van der Waals surface area contributed by atoms with Gasteiger partial charge < -0.3 is 14.4 Å². The van der Waals surface area contributed by atoms with E-state index < -0.39 is 9.84 Å². The number of rotatable bonds is 4. The third-order valence-corrected chi connectivity index (χ3v) is 10.2. The van der Waals surface area contributed by atoms with Crippen molar-refractivity contribution in [2.75, 3.05) is 39.5 Å². The minimum Gasteiger partial charge on any atom is -0.379 e. The quantitative estimate of drug-likeness (QED) is 0.476. The standard InChI is InChI=1S/C28H29ClN4O5S/c29-19-3-6-21-25(15-19)39(35,36)17-22-26(28(34)32-11-14-38-24-8-7-23(24)32)30-33(27(21)22)20-4-1-18(2-5-20)16-31-9-12-37-13-10-31/h1-6,15,23-24H,7-14,16-17H2/t23-,24+/m0/s1. The summed E-state index contributed by atoms with van der Waals surface area (Å²) >= 11 is 6.21. The van der Waals surface area contributed by atoms with Crippen LogP contribution in [0.4, 0.5) is 0 Å². The van der Waals surface area contributed by atoms with Crippen LogP contribution in [-0.4, -0.2) is 85.5 Å². The van der Waals surface area contributed by atoms with Crippen LogP contribution in [0.5, 0.6) is 0 Å². The second-order valence-corrected chi connectivity index (χ2v) is 13.0. The molecular formula is C28H29ClN4O5S. The molecule has 1 amide bonds. The van der Waals surface area contributed by atoms with Crippen molar-refractivity contribution in [1.82, 2.24) is 19.6 Å². The highest BCUT2D eigenvalue weighted by molar-refractivity contribution is 7.91. The maximum absolute atomic E-state index is 13.9. The van der Waals surface area contributed by atoms with E-state index in [1.165, 1.54) is 6.07 Å². The molecule has 0 spiro atoms. The largest absolute Gasteiger partial charge is 0.379 e. The van der Waals surface area contributed by atoms with Crippen molar-refractivity contribution in [3.8, 4) is 16.9 Å². The van der Waals surface area contributed by atoms with E-state index in [2.05, 4.69) is 17.0 Å². The fourth-order valence-corrected chi connectivity index (χ4v) is 7.91. The molecule has 2 aromatic carbocycles. The second-order valence-electron chi connectivity index (χ2n) is 10.6. The second kappa shape index (κ2) is 9.71. The number of morpholine rings is 2. The highest BCUT2D eigenvalue weighted by Gasteiger charge is 2.44. The van der Waals surface area contributed by atoms with Gasteiger partial charge in [0.05, 0.1) is 54.0 Å². The number of carbonyl (C=O) groups excluding carboxylic acids is 1. The van der Waals surface area contributed by atoms with Crippen molar-refractivity contribution in [1.29, 1.82) is 0 Å². The number of nitrogens with zero attached hydrogens (tertiary/aromatic N) is 4. The molecule has 3 aromatic rings. The Hall–Kier alpha value is -2.76. The van der Waals surface area contributed by atoms with Crippen LogP contribution < -0.4 is 0 Å². The van der Waals surface area contributed by atoms with Gasteiger partial charge in [0.2, 0.25) is 0 Å². The molecule has 2 atom stereocenters. The number of halogens is 1. The maximum Gasteiger partial charge on any atom is 0.275 e. The summed E-state index contributed by atoms with van der Waals surface area (Å²) in [6, 6.07) is 13.0. The van der Waals surface area contributed by atoms with Gasteiger partial charge in [-0.1, -0.05) is 29.8 Å². The molecule has 2 saturated heterocycles. The number of hydrogen-bond acceptors (Lipinski definition) is 7. The fourth-order valence-electron chi connectivity index (χ4n) is 6.06. The number of ether oxygens (including phenoxy) is 2. The van der Waals surface area contributed by atoms with Crippen LogP contribution in [0.25, 0.3) is 16.9 Å². The van der Waals surface area contributed by atoms with Crippen LogP contribution >= 0.6 is 11.6 Å². The monoisotopic (exact) mass is 568 g/mol. The highest BCUT2D eigenvalue weighted by Crippen LogP contribution is 2.42. The van der Waals surface area contributed by atoms with Crippen molar-refractivity contribution in [2.45, 2.75) is 42.2 Å². The minimum atomic E-state index is -3.72. The molecule has 0 N–H and O–H groups in total. The molecule has 1 aromatic heterocycles. The van der Waals surface area contributed by atoms with Gasteiger partial charge in [0.15, 0.2) is 15.5 Å². The first-order valence-corrected chi connectivity index (χ1v) is 15.4. The zero-order valence-electron chi connectivity index (χ0n) is 21.4. The number of carbonyl (C=O) groups is 1. The van der Waals surface area contributed by atoms with E-state index >= 15 is 0 Å². The summed E-state index contributed by atoms with van der Waals surface area (Å²) in [6.45, 7) is 5.05. The molecule has 3 aliphatic heterocycles. The molecule has 11 heteroatoms. The van der Waals surface area contributed by atoms with Crippen LogP contribution in [0.1, 0.15) is 34.5 Å². The van der Waals surface area contributed by atoms with E-state index in [9.17, 15) is 13.2 Å². The number of sulfone groups is 1. The molecule has 0 unspecified atom stereocenters. The third-order valence-electron chi connectivity index (χ3n) is 8.25. The normalized spacial score (nSPS) is 23.9. The first-order valence-electron chi connectivity index (χ1n) is 13.4. The molecule has 0 bridgehead atoms. The summed E-state index contributed by atoms with van der Waals surface area (Å²) in [7, 11) is -3.72. The number of hydrogen-bond donors (Lipinski definition) is 0. The Kier molecular flexibility index (Phi) is 6.28. The van der Waals surface area contributed by atoms with Gasteiger partial charge >= 0.3 is 0 Å². The molecule has 9 nitrogen and oxygen atoms in total. The average Bonchev–Trinajstić information content (AvgIpc) is 3.28. The van der Waals surface area contributed by atoms with E-state index in [0.29, 0.717) is 35.0 Å². The van der Waals surface area contributed by atoms with Crippen molar-refractivity contribution in [3.05, 3.63) is 64.3 Å². The molecule has 7 rings (SSSR count). The van der Waals surface area contributed by atoms with Crippen molar-refractivity contribution >= 4 is 27.3 Å². The average molecular weight is 569 g/mol. The van der Waals surface area contributed by atoms with E-state index in [1.54, 1.807) is 16.8 Å². The summed E-state index contributed by atoms with van der Waals surface area (Å²) in [5.41, 5.74) is 3.69. The first kappa shape index (κ1) is 25.2. The third kappa shape index (κ3) is 4.38. The van der Waals surface area contributed by atoms with E-state index in [-0.39, 0.29) is 34.4 Å². The predicted octanol–water partition coefficient (Wildman–Crippen LogP) is 3.32. The van der Waals surface area contributed by atoms with Crippen LogP contribution in [0, 0.1) is 0 Å². The van der Waals surface area contributed by atoms with Crippen LogP contribution in [-0.2, 0) is 31.6 Å². The topological polar surface area (TPSA) is 94.0 Å². The van der Waals surface area contributed by atoms with Gasteiger partial charge in [0, 0.05) is 42.3 Å². The lowest BCUT2D eigenvalue weighted by Gasteiger charge is -2.47. The zero-order chi connectivity index (χ0) is 26.7. The van der Waals surface area contributed by atoms with Gasteiger partial charge in [-0.3, -0.25) is 9.69 Å². The van der Waals surface area contributed by atoms with Crippen LogP contribution in [0.2, 0.25) is 5.02 Å². The Balaban J connectivity index is 1.32. The molecular weight excluding hydrogens is 540 g/mol. The van der Waals surface area contributed by atoms with Gasteiger partial charge in [-0.25, -0.2) is 13.1 Å². The Morgan fingerprint density at radius 1 is 1.03 bits per heavy atom. The van der Waals surface area contributed by atoms with E-state index in [0.717, 1.165) is 56.9 Å². The molecule has 1 saturated carbocycles. The molecule has 4 aliphatic rings. The van der Waals surface area contributed by atoms with Gasteiger partial charge in [0.1, 0.15) is 0 Å². The Morgan fingerprint density at radius 3 is 2.56 bits per heavy atom. The van der Waals surface area contributed by atoms with Gasteiger partial charge in [-0.05, 0) is 42.7 Å². The fraction of sp³-hybridized carbons (Fsp3) is 0.429. The molecule has 39 heavy (non-hydrogen) atoms. The molecule has 4 heterocycles. The lowest BCUT2D eigenvalue weighted by atomic mass is 9.86. The first-order chi connectivity index (χ1) is 18.9. The Morgan fingerprint density at radius 2 is 1.82 bits per heavy atom. The van der Waals surface area contributed by atoms with E-state index in [4.69, 9.17) is 26.2 Å². The smallest absolute Gasteiger partial charge is 0.275 e. The highest BCUT2D eigenvalue weighted by atomic mass is 35.5.